The molecule has 0 spiro atoms. The monoisotopic (exact) mass is 500 g/mol. The molecule has 2 heteroatoms. The summed E-state index contributed by atoms with van der Waals surface area (Å²) in [5.41, 5.74) is 12.6. The topological polar surface area (TPSA) is 22.4 Å². The molecule has 0 atom stereocenters. The van der Waals surface area contributed by atoms with E-state index in [2.05, 4.69) is 115 Å². The third kappa shape index (κ3) is 3.57. The summed E-state index contributed by atoms with van der Waals surface area (Å²) in [7, 11) is 0. The molecular formula is C37H24O2. The van der Waals surface area contributed by atoms with Gasteiger partial charge in [0.15, 0.2) is 0 Å². The van der Waals surface area contributed by atoms with E-state index in [9.17, 15) is 0 Å². The lowest BCUT2D eigenvalue weighted by molar-refractivity contribution is 0.302. The fourth-order valence-electron chi connectivity index (χ4n) is 5.92. The lowest BCUT2D eigenvalue weighted by Crippen LogP contribution is -2.06. The van der Waals surface area contributed by atoms with E-state index in [1.54, 1.807) is 0 Å². The average Bonchev–Trinajstić information content (AvgIpc) is 3.40. The van der Waals surface area contributed by atoms with Crippen molar-refractivity contribution in [2.45, 2.75) is 6.61 Å². The van der Waals surface area contributed by atoms with Crippen LogP contribution in [-0.4, -0.2) is 0 Å². The van der Waals surface area contributed by atoms with Crippen LogP contribution in [0.3, 0.4) is 0 Å². The zero-order valence-electron chi connectivity index (χ0n) is 21.2. The Morgan fingerprint density at radius 1 is 0.462 bits per heavy atom. The molecule has 0 saturated carbocycles. The largest absolute Gasteiger partial charge is 0.488 e. The van der Waals surface area contributed by atoms with Gasteiger partial charge >= 0.3 is 0 Å². The Balaban J connectivity index is 1.19. The van der Waals surface area contributed by atoms with Gasteiger partial charge in [0.2, 0.25) is 0 Å². The Hall–Kier alpha value is -5.08. The average molecular weight is 501 g/mol. The van der Waals surface area contributed by atoms with Gasteiger partial charge in [-0.3, -0.25) is 0 Å². The fraction of sp³-hybridized carbons (Fsp3) is 0.0270. The summed E-state index contributed by atoms with van der Waals surface area (Å²) in [6.45, 7) is 0.597. The van der Waals surface area contributed by atoms with E-state index in [0.29, 0.717) is 6.61 Å². The van der Waals surface area contributed by atoms with Gasteiger partial charge in [-0.2, -0.15) is 0 Å². The van der Waals surface area contributed by atoms with Gasteiger partial charge in [0, 0.05) is 21.9 Å². The molecule has 1 aliphatic rings. The van der Waals surface area contributed by atoms with Gasteiger partial charge in [-0.1, -0.05) is 115 Å². The molecule has 8 rings (SSSR count). The molecule has 2 heterocycles. The van der Waals surface area contributed by atoms with Crippen molar-refractivity contribution in [2.75, 3.05) is 0 Å². The van der Waals surface area contributed by atoms with Gasteiger partial charge in [0.1, 0.15) is 23.5 Å². The zero-order valence-corrected chi connectivity index (χ0v) is 21.2. The maximum Gasteiger partial charge on any atom is 0.143 e. The van der Waals surface area contributed by atoms with Crippen LogP contribution in [0.15, 0.2) is 138 Å². The van der Waals surface area contributed by atoms with E-state index in [4.69, 9.17) is 9.15 Å². The summed E-state index contributed by atoms with van der Waals surface area (Å²) in [6, 6.07) is 47.1. The number of ether oxygens (including phenoxy) is 1. The molecule has 0 bridgehead atoms. The zero-order chi connectivity index (χ0) is 25.8. The second-order valence-electron chi connectivity index (χ2n) is 10.1. The van der Waals surface area contributed by atoms with E-state index in [0.717, 1.165) is 44.4 Å². The van der Waals surface area contributed by atoms with Crippen LogP contribution in [0, 0.1) is 0 Å². The first-order valence-corrected chi connectivity index (χ1v) is 13.3. The number of para-hydroxylation sites is 3. The number of fused-ring (bicyclic) bond motifs is 6. The maximum atomic E-state index is 6.28. The lowest BCUT2D eigenvalue weighted by Gasteiger charge is -2.23. The van der Waals surface area contributed by atoms with Crippen molar-refractivity contribution in [1.29, 1.82) is 0 Å². The highest BCUT2D eigenvalue weighted by Crippen LogP contribution is 2.44. The van der Waals surface area contributed by atoms with E-state index in [1.165, 1.54) is 33.4 Å². The predicted molar refractivity (Wildman–Crippen MR) is 160 cm³/mol. The first kappa shape index (κ1) is 22.0. The van der Waals surface area contributed by atoms with Crippen LogP contribution in [0.25, 0.3) is 66.4 Å². The number of hydrogen-bond donors (Lipinski definition) is 0. The molecular weight excluding hydrogens is 476 g/mol. The van der Waals surface area contributed by atoms with Gasteiger partial charge in [-0.25, -0.2) is 0 Å². The van der Waals surface area contributed by atoms with Gasteiger partial charge < -0.3 is 9.15 Å². The summed E-state index contributed by atoms with van der Waals surface area (Å²) < 4.78 is 12.3. The smallest absolute Gasteiger partial charge is 0.143 e. The number of hydrogen-bond acceptors (Lipinski definition) is 2. The summed E-state index contributed by atoms with van der Waals surface area (Å²) in [5.74, 6) is 0.948. The van der Waals surface area contributed by atoms with Crippen LogP contribution < -0.4 is 4.74 Å². The molecule has 0 saturated heterocycles. The molecule has 2 nitrogen and oxygen atoms in total. The van der Waals surface area contributed by atoms with Crippen LogP contribution >= 0.6 is 0 Å². The second kappa shape index (κ2) is 8.75. The minimum absolute atomic E-state index is 0.597. The van der Waals surface area contributed by atoms with Crippen LogP contribution in [0.1, 0.15) is 5.56 Å². The molecule has 0 aliphatic carbocycles. The third-order valence-corrected chi connectivity index (χ3v) is 7.80. The van der Waals surface area contributed by atoms with Crippen LogP contribution in [0.2, 0.25) is 0 Å². The van der Waals surface area contributed by atoms with E-state index in [1.807, 2.05) is 18.2 Å². The van der Waals surface area contributed by atoms with Crippen molar-refractivity contribution in [3.8, 4) is 50.3 Å². The van der Waals surface area contributed by atoms with Crippen LogP contribution in [0.4, 0.5) is 0 Å². The van der Waals surface area contributed by atoms with Crippen LogP contribution in [-0.2, 0) is 6.61 Å². The standard InChI is InChI=1S/C37H24O2/c1-4-17-35-31(11-1)32-15-7-14-30(37(32)39-35)25-20-18-24(19-21-25)26-8-5-9-27(22-26)29-13-6-10-28-23-38-34-16-3-2-12-33(34)36(28)29/h1-22H,23H2. The van der Waals surface area contributed by atoms with E-state index < -0.39 is 0 Å². The number of rotatable bonds is 3. The highest BCUT2D eigenvalue weighted by molar-refractivity contribution is 6.09. The first-order chi connectivity index (χ1) is 19.3. The number of furan rings is 1. The molecule has 7 aromatic rings. The molecule has 1 aromatic heterocycles. The van der Waals surface area contributed by atoms with E-state index >= 15 is 0 Å². The SMILES string of the molecule is c1cc(-c2ccc(-c3cccc4c3oc3ccccc34)cc2)cc(-c2cccc3c2-c2ccccc2OC3)c1. The minimum atomic E-state index is 0.597. The maximum absolute atomic E-state index is 6.28. The highest BCUT2D eigenvalue weighted by Gasteiger charge is 2.20. The van der Waals surface area contributed by atoms with Crippen molar-refractivity contribution in [1.82, 2.24) is 0 Å². The van der Waals surface area contributed by atoms with Crippen LogP contribution in [0.5, 0.6) is 5.75 Å². The molecule has 184 valence electrons. The Labute approximate surface area is 226 Å². The van der Waals surface area contributed by atoms with E-state index in [-0.39, 0.29) is 0 Å². The molecule has 6 aromatic carbocycles. The third-order valence-electron chi connectivity index (χ3n) is 7.80. The highest BCUT2D eigenvalue weighted by atomic mass is 16.5. The quantitative estimate of drug-likeness (QED) is 0.241. The van der Waals surface area contributed by atoms with Gasteiger partial charge in [0.25, 0.3) is 0 Å². The van der Waals surface area contributed by atoms with Crippen molar-refractivity contribution >= 4 is 21.9 Å². The van der Waals surface area contributed by atoms with Crippen molar-refractivity contribution in [3.63, 3.8) is 0 Å². The van der Waals surface area contributed by atoms with Crippen molar-refractivity contribution in [3.05, 3.63) is 139 Å². The Bertz CT molecular complexity index is 2010. The second-order valence-corrected chi connectivity index (χ2v) is 10.1. The summed E-state index contributed by atoms with van der Waals surface area (Å²) in [4.78, 5) is 0. The first-order valence-electron chi connectivity index (χ1n) is 13.3. The summed E-state index contributed by atoms with van der Waals surface area (Å²) >= 11 is 0. The normalized spacial score (nSPS) is 12.2. The minimum Gasteiger partial charge on any atom is -0.488 e. The van der Waals surface area contributed by atoms with Crippen molar-refractivity contribution in [2.24, 2.45) is 0 Å². The Kier molecular flexibility index (Phi) is 4.92. The Morgan fingerprint density at radius 2 is 1.15 bits per heavy atom. The molecule has 0 radical (unpaired) electrons. The fourth-order valence-corrected chi connectivity index (χ4v) is 5.92. The van der Waals surface area contributed by atoms with Gasteiger partial charge in [-0.05, 0) is 57.1 Å². The summed E-state index contributed by atoms with van der Waals surface area (Å²) in [6.07, 6.45) is 0. The lowest BCUT2D eigenvalue weighted by atomic mass is 9.88. The number of benzene rings is 6. The molecule has 0 unspecified atom stereocenters. The molecule has 0 fully saturated rings. The Morgan fingerprint density at radius 3 is 2.10 bits per heavy atom. The van der Waals surface area contributed by atoms with Gasteiger partial charge in [0.05, 0.1) is 0 Å². The predicted octanol–water partition coefficient (Wildman–Crippen LogP) is 10.1. The van der Waals surface area contributed by atoms with Crippen molar-refractivity contribution < 1.29 is 9.15 Å². The molecule has 0 amide bonds. The molecule has 1 aliphatic heterocycles. The van der Waals surface area contributed by atoms with Gasteiger partial charge in [-0.15, -0.1) is 0 Å². The molecule has 0 N–H and O–H groups in total. The molecule has 39 heavy (non-hydrogen) atoms. The summed E-state index contributed by atoms with van der Waals surface area (Å²) in [5, 5.41) is 2.30.